The van der Waals surface area contributed by atoms with Crippen molar-refractivity contribution in [3.8, 4) is 5.75 Å². The number of aromatic nitrogens is 1. The van der Waals surface area contributed by atoms with Crippen LogP contribution in [0.4, 0.5) is 10.8 Å². The van der Waals surface area contributed by atoms with Gasteiger partial charge in [0.15, 0.2) is 16.6 Å². The van der Waals surface area contributed by atoms with Crippen molar-refractivity contribution in [2.45, 2.75) is 33.2 Å². The van der Waals surface area contributed by atoms with E-state index in [0.29, 0.717) is 18.5 Å². The Morgan fingerprint density at radius 3 is 2.79 bits per heavy atom. The molecule has 19 heavy (non-hydrogen) atoms. The lowest BCUT2D eigenvalue weighted by Crippen LogP contribution is -2.37. The molecule has 0 bridgehead atoms. The minimum atomic E-state index is 0.521. The summed E-state index contributed by atoms with van der Waals surface area (Å²) in [5.74, 6) is 1.29. The lowest BCUT2D eigenvalue weighted by atomic mass is 10.2. The molecule has 1 atom stereocenters. The standard InChI is InChI=1S/C13H24N4OS/c1-4-16(5-2)10-7-8-17(9-10)13-11(18-6-3)12(14)15-19-13/h10H,4-9H2,1-3H3,(H2,14,15). The summed E-state index contributed by atoms with van der Waals surface area (Å²) in [4.78, 5) is 4.88. The molecule has 1 aromatic rings. The Bertz CT molecular complexity index is 405. The predicted octanol–water partition coefficient (Wildman–Crippen LogP) is 2.04. The Balaban J connectivity index is 2.08. The molecule has 0 radical (unpaired) electrons. The second-order valence-electron chi connectivity index (χ2n) is 4.74. The SMILES string of the molecule is CCOc1c(N)nsc1N1CCC(N(CC)CC)C1. The summed E-state index contributed by atoms with van der Waals surface area (Å²) in [5, 5.41) is 1.09. The maximum absolute atomic E-state index is 5.88. The molecule has 2 rings (SSSR count). The van der Waals surface area contributed by atoms with Gasteiger partial charge in [0.05, 0.1) is 6.61 Å². The maximum atomic E-state index is 5.88. The van der Waals surface area contributed by atoms with Crippen LogP contribution in [0.3, 0.4) is 0 Å². The summed E-state index contributed by atoms with van der Waals surface area (Å²) in [6.07, 6.45) is 1.20. The number of hydrogen-bond donors (Lipinski definition) is 1. The van der Waals surface area contributed by atoms with Gasteiger partial charge in [-0.2, -0.15) is 4.37 Å². The van der Waals surface area contributed by atoms with Crippen molar-refractivity contribution in [2.75, 3.05) is 43.4 Å². The molecule has 1 aromatic heterocycles. The highest BCUT2D eigenvalue weighted by atomic mass is 32.1. The van der Waals surface area contributed by atoms with Crippen molar-refractivity contribution in [2.24, 2.45) is 0 Å². The third kappa shape index (κ3) is 2.95. The van der Waals surface area contributed by atoms with Crippen LogP contribution in [0.15, 0.2) is 0 Å². The van der Waals surface area contributed by atoms with Gasteiger partial charge in [0, 0.05) is 19.1 Å². The van der Waals surface area contributed by atoms with Gasteiger partial charge in [-0.05, 0) is 38.0 Å². The van der Waals surface area contributed by atoms with Crippen molar-refractivity contribution >= 4 is 22.4 Å². The fraction of sp³-hybridized carbons (Fsp3) is 0.769. The fourth-order valence-corrected chi connectivity index (χ4v) is 3.53. The summed E-state index contributed by atoms with van der Waals surface area (Å²) < 4.78 is 9.87. The zero-order valence-corrected chi connectivity index (χ0v) is 12.9. The van der Waals surface area contributed by atoms with Crippen molar-refractivity contribution in [3.63, 3.8) is 0 Å². The second kappa shape index (κ2) is 6.43. The van der Waals surface area contributed by atoms with Gasteiger partial charge in [0.1, 0.15) is 0 Å². The number of nitrogens with two attached hydrogens (primary N) is 1. The summed E-state index contributed by atoms with van der Waals surface area (Å²) in [6, 6.07) is 0.632. The van der Waals surface area contributed by atoms with Crippen LogP contribution in [0.1, 0.15) is 27.2 Å². The number of anilines is 2. The van der Waals surface area contributed by atoms with E-state index >= 15 is 0 Å². The molecule has 0 saturated carbocycles. The van der Waals surface area contributed by atoms with E-state index in [4.69, 9.17) is 10.5 Å². The highest BCUT2D eigenvalue weighted by Gasteiger charge is 2.29. The van der Waals surface area contributed by atoms with E-state index in [1.165, 1.54) is 18.0 Å². The lowest BCUT2D eigenvalue weighted by Gasteiger charge is -2.26. The molecule has 5 nitrogen and oxygen atoms in total. The molecule has 1 aliphatic heterocycles. The summed E-state index contributed by atoms with van der Waals surface area (Å²) in [7, 11) is 0. The smallest absolute Gasteiger partial charge is 0.197 e. The first-order chi connectivity index (χ1) is 9.21. The van der Waals surface area contributed by atoms with E-state index in [0.717, 1.165) is 36.9 Å². The molecule has 2 N–H and O–H groups in total. The Labute approximate surface area is 119 Å². The van der Waals surface area contributed by atoms with E-state index in [2.05, 4.69) is 28.0 Å². The van der Waals surface area contributed by atoms with Crippen LogP contribution in [0.25, 0.3) is 0 Å². The molecule has 0 aliphatic carbocycles. The van der Waals surface area contributed by atoms with Gasteiger partial charge in [-0.25, -0.2) is 0 Å². The van der Waals surface area contributed by atoms with E-state index < -0.39 is 0 Å². The molecule has 0 aromatic carbocycles. The Hall–Kier alpha value is -1.01. The van der Waals surface area contributed by atoms with Gasteiger partial charge in [-0.3, -0.25) is 4.90 Å². The Kier molecular flexibility index (Phi) is 4.87. The fourth-order valence-electron chi connectivity index (χ4n) is 2.73. The van der Waals surface area contributed by atoms with E-state index in [1.807, 2.05) is 6.92 Å². The van der Waals surface area contributed by atoms with Gasteiger partial charge < -0.3 is 15.4 Å². The molecular formula is C13H24N4OS. The summed E-state index contributed by atoms with van der Waals surface area (Å²) in [6.45, 7) is 11.4. The number of hydrogen-bond acceptors (Lipinski definition) is 6. The number of likely N-dealkylation sites (N-methyl/N-ethyl adjacent to an activating group) is 1. The van der Waals surface area contributed by atoms with Gasteiger partial charge in [-0.1, -0.05) is 13.8 Å². The van der Waals surface area contributed by atoms with Crippen LogP contribution in [0, 0.1) is 0 Å². The monoisotopic (exact) mass is 284 g/mol. The zero-order valence-electron chi connectivity index (χ0n) is 12.1. The minimum Gasteiger partial charge on any atom is -0.487 e. The first-order valence-corrected chi connectivity index (χ1v) is 7.85. The second-order valence-corrected chi connectivity index (χ2v) is 5.50. The van der Waals surface area contributed by atoms with Crippen molar-refractivity contribution in [1.82, 2.24) is 9.27 Å². The zero-order chi connectivity index (χ0) is 13.8. The average Bonchev–Trinajstić information content (AvgIpc) is 3.00. The summed E-state index contributed by atoms with van der Waals surface area (Å²) >= 11 is 1.45. The average molecular weight is 284 g/mol. The molecule has 0 spiro atoms. The van der Waals surface area contributed by atoms with Crippen LogP contribution in [0.5, 0.6) is 5.75 Å². The predicted molar refractivity (Wildman–Crippen MR) is 81.2 cm³/mol. The molecule has 1 unspecified atom stereocenters. The summed E-state index contributed by atoms with van der Waals surface area (Å²) in [5.41, 5.74) is 5.88. The largest absolute Gasteiger partial charge is 0.487 e. The molecule has 1 aliphatic rings. The molecule has 6 heteroatoms. The van der Waals surface area contributed by atoms with Crippen molar-refractivity contribution < 1.29 is 4.74 Å². The molecule has 108 valence electrons. The van der Waals surface area contributed by atoms with Crippen LogP contribution >= 0.6 is 11.5 Å². The van der Waals surface area contributed by atoms with Gasteiger partial charge in [-0.15, -0.1) is 0 Å². The quantitative estimate of drug-likeness (QED) is 0.866. The normalized spacial score (nSPS) is 19.4. The number of rotatable bonds is 6. The highest BCUT2D eigenvalue weighted by molar-refractivity contribution is 7.11. The number of nitrogen functional groups attached to an aromatic ring is 1. The third-order valence-corrected chi connectivity index (χ3v) is 4.63. The van der Waals surface area contributed by atoms with Gasteiger partial charge in [0.25, 0.3) is 0 Å². The van der Waals surface area contributed by atoms with Crippen LogP contribution in [0.2, 0.25) is 0 Å². The van der Waals surface area contributed by atoms with Crippen molar-refractivity contribution in [3.05, 3.63) is 0 Å². The lowest BCUT2D eigenvalue weighted by molar-refractivity contribution is 0.232. The first kappa shape index (κ1) is 14.4. The Morgan fingerprint density at radius 2 is 2.16 bits per heavy atom. The van der Waals surface area contributed by atoms with Crippen molar-refractivity contribution in [1.29, 1.82) is 0 Å². The molecule has 1 saturated heterocycles. The van der Waals surface area contributed by atoms with Crippen LogP contribution in [-0.4, -0.2) is 48.1 Å². The molecule has 0 amide bonds. The third-order valence-electron chi connectivity index (χ3n) is 3.73. The van der Waals surface area contributed by atoms with Crippen LogP contribution in [-0.2, 0) is 0 Å². The van der Waals surface area contributed by atoms with Crippen LogP contribution < -0.4 is 15.4 Å². The van der Waals surface area contributed by atoms with E-state index in [-0.39, 0.29) is 0 Å². The van der Waals surface area contributed by atoms with Gasteiger partial charge >= 0.3 is 0 Å². The minimum absolute atomic E-state index is 0.521. The molecule has 1 fully saturated rings. The number of nitrogens with zero attached hydrogens (tertiary/aromatic N) is 3. The van der Waals surface area contributed by atoms with E-state index in [9.17, 15) is 0 Å². The van der Waals surface area contributed by atoms with Gasteiger partial charge in [0.2, 0.25) is 0 Å². The first-order valence-electron chi connectivity index (χ1n) is 7.08. The maximum Gasteiger partial charge on any atom is 0.197 e. The van der Waals surface area contributed by atoms with E-state index in [1.54, 1.807) is 0 Å². The Morgan fingerprint density at radius 1 is 1.42 bits per heavy atom. The molecular weight excluding hydrogens is 260 g/mol. The number of ether oxygens (including phenoxy) is 1. The molecule has 2 heterocycles. The topological polar surface area (TPSA) is 54.6 Å². The highest BCUT2D eigenvalue weighted by Crippen LogP contribution is 2.40.